The van der Waals surface area contributed by atoms with Crippen LogP contribution in [0.4, 0.5) is 15.8 Å². The lowest BCUT2D eigenvalue weighted by Crippen LogP contribution is -2.53. The van der Waals surface area contributed by atoms with Gasteiger partial charge in [0.1, 0.15) is 5.82 Å². The number of allylic oxidation sites excluding steroid dienone is 2. The maximum absolute atomic E-state index is 15.2. The van der Waals surface area contributed by atoms with E-state index in [1.165, 1.54) is 36.3 Å². The summed E-state index contributed by atoms with van der Waals surface area (Å²) >= 11 is 9.76. The first kappa shape index (κ1) is 33.2. The summed E-state index contributed by atoms with van der Waals surface area (Å²) in [6.07, 6.45) is 2.19. The number of benzene rings is 4. The molecule has 0 spiro atoms. The van der Waals surface area contributed by atoms with Crippen molar-refractivity contribution in [1.29, 1.82) is 0 Å². The molecule has 4 aliphatic rings. The van der Waals surface area contributed by atoms with Crippen LogP contribution in [0.5, 0.6) is 11.5 Å². The minimum absolute atomic E-state index is 0.0657. The molecule has 51 heavy (non-hydrogen) atoms. The van der Waals surface area contributed by atoms with Gasteiger partial charge in [-0.15, -0.1) is 0 Å². The van der Waals surface area contributed by atoms with Gasteiger partial charge in [0.2, 0.25) is 11.8 Å². The van der Waals surface area contributed by atoms with Crippen LogP contribution in [0, 0.1) is 29.5 Å². The number of anilines is 2. The molecule has 8 rings (SSSR count). The lowest BCUT2D eigenvalue weighted by Gasteiger charge is -2.50. The fourth-order valence-corrected chi connectivity index (χ4v) is 9.17. The number of carbonyl (C=O) groups is 4. The Morgan fingerprint density at radius 2 is 1.61 bits per heavy atom. The zero-order valence-electron chi connectivity index (χ0n) is 27.1. The molecule has 3 fully saturated rings. The third-order valence-electron chi connectivity index (χ3n) is 10.9. The fraction of sp³-hybridized carbons (Fsp3) is 0.231. The molecule has 0 bridgehead atoms. The van der Waals surface area contributed by atoms with Crippen molar-refractivity contribution in [2.75, 3.05) is 17.4 Å². The van der Waals surface area contributed by atoms with Crippen LogP contribution in [0.2, 0.25) is 5.02 Å². The number of hydrogen-bond acceptors (Lipinski definition) is 7. The highest BCUT2D eigenvalue weighted by molar-refractivity contribution is 9.10. The molecular weight excluding hydrogens is 741 g/mol. The number of aromatic hydroxyl groups is 1. The number of phenols is 1. The van der Waals surface area contributed by atoms with E-state index in [0.717, 1.165) is 9.48 Å². The molecule has 2 saturated heterocycles. The maximum Gasteiger partial charge on any atom is 0.260 e. The fourth-order valence-electron chi connectivity index (χ4n) is 8.78. The molecule has 2 heterocycles. The van der Waals surface area contributed by atoms with E-state index in [-0.39, 0.29) is 36.2 Å². The van der Waals surface area contributed by atoms with Crippen molar-refractivity contribution in [2.45, 2.75) is 24.2 Å². The lowest BCUT2D eigenvalue weighted by atomic mass is 9.49. The van der Waals surface area contributed by atoms with Gasteiger partial charge in [0.25, 0.3) is 11.8 Å². The average Bonchev–Trinajstić information content (AvgIpc) is 3.51. The molecule has 1 saturated carbocycles. The van der Waals surface area contributed by atoms with Crippen molar-refractivity contribution in [2.24, 2.45) is 23.7 Å². The van der Waals surface area contributed by atoms with E-state index in [2.05, 4.69) is 21.4 Å². The Morgan fingerprint density at radius 3 is 2.29 bits per heavy atom. The molecule has 2 aliphatic carbocycles. The molecular formula is C39H30BrClFN3O6. The SMILES string of the molecule is COc1cccc(C2C3=CCC4C(=O)N(c5ccc(Br)cc5)C(=O)C4C3CC3C(=O)N(Nc4ccc(F)cc4)C(=O)C32c2ccc(Cl)cc2)c1O. The highest BCUT2D eigenvalue weighted by atomic mass is 79.9. The van der Waals surface area contributed by atoms with Crippen molar-refractivity contribution in [3.63, 3.8) is 0 Å². The number of hydrogen-bond donors (Lipinski definition) is 2. The predicted octanol–water partition coefficient (Wildman–Crippen LogP) is 7.15. The summed E-state index contributed by atoms with van der Waals surface area (Å²) in [5.74, 6) is -6.56. The van der Waals surface area contributed by atoms with Crippen molar-refractivity contribution in [1.82, 2.24) is 5.01 Å². The Morgan fingerprint density at radius 1 is 0.902 bits per heavy atom. The number of imide groups is 2. The van der Waals surface area contributed by atoms with Gasteiger partial charge in [-0.1, -0.05) is 63.4 Å². The van der Waals surface area contributed by atoms with Crippen LogP contribution >= 0.6 is 27.5 Å². The van der Waals surface area contributed by atoms with E-state index < -0.39 is 52.6 Å². The van der Waals surface area contributed by atoms with E-state index in [4.69, 9.17) is 16.3 Å². The number of carbonyl (C=O) groups excluding carboxylic acids is 4. The number of hydrazine groups is 1. The summed E-state index contributed by atoms with van der Waals surface area (Å²) in [5, 5.41) is 13.1. The molecule has 9 nitrogen and oxygen atoms in total. The first-order valence-corrected chi connectivity index (χ1v) is 17.6. The molecule has 4 aromatic rings. The topological polar surface area (TPSA) is 116 Å². The van der Waals surface area contributed by atoms with Crippen LogP contribution in [-0.2, 0) is 24.6 Å². The smallest absolute Gasteiger partial charge is 0.260 e. The first-order chi connectivity index (χ1) is 24.6. The van der Waals surface area contributed by atoms with Gasteiger partial charge in [-0.25, -0.2) is 4.39 Å². The summed E-state index contributed by atoms with van der Waals surface area (Å²) in [4.78, 5) is 59.6. The number of rotatable bonds is 6. The molecule has 2 aliphatic heterocycles. The van der Waals surface area contributed by atoms with Crippen LogP contribution in [0.25, 0.3) is 0 Å². The normalized spacial score (nSPS) is 26.8. The third kappa shape index (κ3) is 4.92. The zero-order valence-corrected chi connectivity index (χ0v) is 29.4. The van der Waals surface area contributed by atoms with Crippen LogP contribution in [-0.4, -0.2) is 40.9 Å². The van der Waals surface area contributed by atoms with Gasteiger partial charge in [-0.05, 0) is 91.1 Å². The van der Waals surface area contributed by atoms with E-state index in [1.54, 1.807) is 66.7 Å². The van der Waals surface area contributed by atoms with Crippen LogP contribution in [0.15, 0.2) is 107 Å². The molecule has 2 N–H and O–H groups in total. The summed E-state index contributed by atoms with van der Waals surface area (Å²) in [6, 6.07) is 23.9. The van der Waals surface area contributed by atoms with Crippen molar-refractivity contribution < 1.29 is 33.4 Å². The van der Waals surface area contributed by atoms with Crippen molar-refractivity contribution in [3.8, 4) is 11.5 Å². The Bertz CT molecular complexity index is 2140. The molecule has 0 radical (unpaired) electrons. The molecule has 12 heteroatoms. The van der Waals surface area contributed by atoms with Gasteiger partial charge < -0.3 is 9.84 Å². The number of nitrogens with one attached hydrogen (secondary N) is 1. The minimum Gasteiger partial charge on any atom is -0.504 e. The Balaban J connectivity index is 1.34. The van der Waals surface area contributed by atoms with Gasteiger partial charge in [0, 0.05) is 21.0 Å². The van der Waals surface area contributed by atoms with Crippen LogP contribution in [0.3, 0.4) is 0 Å². The summed E-state index contributed by atoms with van der Waals surface area (Å²) < 4.78 is 20.2. The van der Waals surface area contributed by atoms with Crippen molar-refractivity contribution >= 4 is 62.5 Å². The first-order valence-electron chi connectivity index (χ1n) is 16.4. The zero-order chi connectivity index (χ0) is 35.8. The number of halogens is 3. The highest BCUT2D eigenvalue weighted by Crippen LogP contribution is 2.65. The number of nitrogens with zero attached hydrogens (tertiary/aromatic N) is 2. The Kier molecular flexibility index (Phi) is 8.03. The number of amides is 4. The van der Waals surface area contributed by atoms with Crippen molar-refractivity contribution in [3.05, 3.63) is 129 Å². The molecule has 4 amide bonds. The minimum atomic E-state index is -1.63. The van der Waals surface area contributed by atoms with Crippen LogP contribution < -0.4 is 15.1 Å². The van der Waals surface area contributed by atoms with Gasteiger partial charge in [0.05, 0.1) is 41.7 Å². The molecule has 4 aromatic carbocycles. The van der Waals surface area contributed by atoms with Crippen LogP contribution in [0.1, 0.15) is 29.9 Å². The van der Waals surface area contributed by atoms with Gasteiger partial charge in [-0.2, -0.15) is 5.01 Å². The number of methoxy groups -OCH3 is 1. The second-order valence-corrected chi connectivity index (χ2v) is 14.6. The maximum atomic E-state index is 15.2. The molecule has 6 atom stereocenters. The summed E-state index contributed by atoms with van der Waals surface area (Å²) in [6.45, 7) is 0. The predicted molar refractivity (Wildman–Crippen MR) is 190 cm³/mol. The quantitative estimate of drug-likeness (QED) is 0.158. The Labute approximate surface area is 305 Å². The standard InChI is InChI=1S/C39H30BrClFN3O6/c1-51-31-4-2-3-28(34(31)46)33-26-17-18-27-32(37(49)44(35(27)47)25-15-7-21(40)8-16-25)29(26)19-30-36(48)45(43-24-13-11-23(42)12-14-24)38(50)39(30,33)20-5-9-22(41)10-6-20/h2-17,27,29-30,32-33,43,46H,18-19H2,1H3. The monoisotopic (exact) mass is 769 g/mol. The number of fused-ring (bicyclic) bond motifs is 4. The Hall–Kier alpha value is -5.00. The van der Waals surface area contributed by atoms with Gasteiger partial charge >= 0.3 is 0 Å². The average molecular weight is 771 g/mol. The van der Waals surface area contributed by atoms with E-state index in [1.807, 2.05) is 6.08 Å². The largest absolute Gasteiger partial charge is 0.504 e. The molecule has 258 valence electrons. The molecule has 0 aromatic heterocycles. The highest BCUT2D eigenvalue weighted by Gasteiger charge is 2.70. The van der Waals surface area contributed by atoms with E-state index in [0.29, 0.717) is 33.1 Å². The van der Waals surface area contributed by atoms with Gasteiger partial charge in [-0.3, -0.25) is 29.5 Å². The summed E-state index contributed by atoms with van der Waals surface area (Å²) in [5.41, 5.74) is 3.52. The number of ether oxygens (including phenoxy) is 1. The third-order valence-corrected chi connectivity index (χ3v) is 11.7. The van der Waals surface area contributed by atoms with E-state index in [9.17, 15) is 23.9 Å². The molecule has 6 unspecified atom stereocenters. The lowest BCUT2D eigenvalue weighted by molar-refractivity contribution is -0.138. The second kappa shape index (κ2) is 12.3. The van der Waals surface area contributed by atoms with Gasteiger partial charge in [0.15, 0.2) is 11.5 Å². The second-order valence-electron chi connectivity index (χ2n) is 13.3. The number of phenolic OH excluding ortho intramolecular Hbond substituents is 1. The van der Waals surface area contributed by atoms with E-state index >= 15 is 4.79 Å². The summed E-state index contributed by atoms with van der Waals surface area (Å²) in [7, 11) is 1.42. The number of para-hydroxylation sites is 1.